The van der Waals surface area contributed by atoms with Gasteiger partial charge in [0.2, 0.25) is 11.8 Å². The Bertz CT molecular complexity index is 2080. The fraction of sp³-hybridized carbons (Fsp3) is 0.415. The summed E-state index contributed by atoms with van der Waals surface area (Å²) >= 11 is 6.26. The summed E-state index contributed by atoms with van der Waals surface area (Å²) in [4.78, 5) is 73.8. The van der Waals surface area contributed by atoms with Gasteiger partial charge in [-0.1, -0.05) is 11.6 Å². The highest BCUT2D eigenvalue weighted by atomic mass is 35.5. The number of anilines is 3. The van der Waals surface area contributed by atoms with E-state index in [1.165, 1.54) is 0 Å². The van der Waals surface area contributed by atoms with E-state index >= 15 is 0 Å². The van der Waals surface area contributed by atoms with Crippen molar-refractivity contribution in [1.29, 1.82) is 5.26 Å². The quantitative estimate of drug-likeness (QED) is 0.325. The van der Waals surface area contributed by atoms with Gasteiger partial charge in [0.1, 0.15) is 12.1 Å². The molecule has 3 aromatic carbocycles. The largest absolute Gasteiger partial charge is 0.372 e. The molecule has 8 rings (SSSR count). The van der Waals surface area contributed by atoms with E-state index in [9.17, 15) is 29.2 Å². The number of nitriles is 1. The van der Waals surface area contributed by atoms with Crippen molar-refractivity contribution < 1.29 is 24.0 Å². The molecule has 284 valence electrons. The lowest BCUT2D eigenvalue weighted by Crippen LogP contribution is -2.63. The Morgan fingerprint density at radius 1 is 0.836 bits per heavy atom. The molecular weight excluding hydrogens is 720 g/mol. The average molecular weight is 763 g/mol. The Hall–Kier alpha value is -5.45. The Morgan fingerprint density at radius 3 is 2.20 bits per heavy atom. The van der Waals surface area contributed by atoms with Crippen LogP contribution in [0.15, 0.2) is 60.7 Å². The number of nitrogens with zero attached hydrogens (tertiary/aromatic N) is 6. The van der Waals surface area contributed by atoms with Crippen molar-refractivity contribution in [2.24, 2.45) is 0 Å². The molecule has 2 N–H and O–H groups in total. The van der Waals surface area contributed by atoms with Crippen LogP contribution in [0.25, 0.3) is 0 Å². The minimum Gasteiger partial charge on any atom is -0.372 e. The molecule has 0 aromatic heterocycles. The van der Waals surface area contributed by atoms with Gasteiger partial charge >= 0.3 is 0 Å². The molecule has 5 amide bonds. The number of carbonyl (C=O) groups is 5. The molecule has 0 spiro atoms. The van der Waals surface area contributed by atoms with Gasteiger partial charge in [0.15, 0.2) is 0 Å². The summed E-state index contributed by atoms with van der Waals surface area (Å²) in [5, 5.41) is 15.1. The zero-order chi connectivity index (χ0) is 38.4. The monoisotopic (exact) mass is 762 g/mol. The summed E-state index contributed by atoms with van der Waals surface area (Å²) in [6, 6.07) is 20.7. The van der Waals surface area contributed by atoms with E-state index in [4.69, 9.17) is 11.6 Å². The zero-order valence-electron chi connectivity index (χ0n) is 30.7. The van der Waals surface area contributed by atoms with E-state index in [0.29, 0.717) is 33.8 Å². The topological polar surface area (TPSA) is 149 Å². The first kappa shape index (κ1) is 36.5. The molecule has 4 fully saturated rings. The molecule has 1 atom stereocenters. The number of halogens is 1. The molecule has 4 heterocycles. The van der Waals surface area contributed by atoms with E-state index in [2.05, 4.69) is 43.4 Å². The van der Waals surface area contributed by atoms with Crippen LogP contribution in [0.2, 0.25) is 5.02 Å². The summed E-state index contributed by atoms with van der Waals surface area (Å²) in [5.41, 5.74) is 4.67. The number of benzene rings is 3. The van der Waals surface area contributed by atoms with E-state index in [0.717, 1.165) is 86.9 Å². The molecule has 0 bridgehead atoms. The van der Waals surface area contributed by atoms with Gasteiger partial charge in [-0.25, -0.2) is 0 Å². The Kier molecular flexibility index (Phi) is 9.96. The second kappa shape index (κ2) is 15.0. The second-order valence-electron chi connectivity index (χ2n) is 15.2. The standard InChI is InChI=1S/C41H43ClN8O5/c1-46(30-9-4-26(22-43)35(42)21-30)28-10-5-27(6-11-28)44-38(52)25-2-7-29(8-3-25)49-23-32(24-49)48-18-16-47(17-19-48)31-12-13-33-34(20-31)41(55)50(40(33)54)36-14-15-37(51)45-39(36)53/h2-4,7-9,12-13,20-21,27-28,32,36H,5-6,10-11,14-19,23-24H2,1H3,(H,44,52)(H,45,51,53)/t27-,28-,36?. The molecule has 4 aliphatic heterocycles. The molecule has 0 radical (unpaired) electrons. The van der Waals surface area contributed by atoms with Crippen molar-refractivity contribution in [2.75, 3.05) is 61.0 Å². The van der Waals surface area contributed by atoms with Crippen molar-refractivity contribution in [3.63, 3.8) is 0 Å². The lowest BCUT2D eigenvalue weighted by atomic mass is 9.90. The maximum atomic E-state index is 13.3. The van der Waals surface area contributed by atoms with Crippen molar-refractivity contribution in [3.05, 3.63) is 87.9 Å². The van der Waals surface area contributed by atoms with Crippen molar-refractivity contribution in [1.82, 2.24) is 20.4 Å². The van der Waals surface area contributed by atoms with Crippen LogP contribution in [0, 0.1) is 11.3 Å². The van der Waals surface area contributed by atoms with Crippen LogP contribution in [-0.4, -0.2) is 110 Å². The van der Waals surface area contributed by atoms with Gasteiger partial charge in [0.05, 0.1) is 21.7 Å². The fourth-order valence-corrected chi connectivity index (χ4v) is 8.84. The number of nitrogens with one attached hydrogen (secondary N) is 2. The highest BCUT2D eigenvalue weighted by Gasteiger charge is 2.45. The molecule has 13 nitrogen and oxygen atoms in total. The van der Waals surface area contributed by atoms with Gasteiger partial charge in [-0.3, -0.25) is 39.1 Å². The highest BCUT2D eigenvalue weighted by molar-refractivity contribution is 6.32. The first-order valence-corrected chi connectivity index (χ1v) is 19.4. The van der Waals surface area contributed by atoms with Crippen molar-refractivity contribution in [2.45, 2.75) is 62.7 Å². The van der Waals surface area contributed by atoms with E-state index in [1.54, 1.807) is 18.2 Å². The number of hydrogen-bond donors (Lipinski definition) is 2. The summed E-state index contributed by atoms with van der Waals surface area (Å²) in [5.74, 6) is -2.04. The number of hydrogen-bond acceptors (Lipinski definition) is 10. The number of rotatable bonds is 8. The number of carbonyl (C=O) groups excluding carboxylic acids is 5. The summed E-state index contributed by atoms with van der Waals surface area (Å²) in [6.45, 7) is 5.11. The van der Waals surface area contributed by atoms with Crippen LogP contribution in [0.3, 0.4) is 0 Å². The third-order valence-electron chi connectivity index (χ3n) is 12.0. The van der Waals surface area contributed by atoms with Gasteiger partial charge in [0.25, 0.3) is 17.7 Å². The molecule has 3 saturated heterocycles. The first-order chi connectivity index (χ1) is 26.6. The van der Waals surface area contributed by atoms with Crippen LogP contribution in [0.1, 0.15) is 75.2 Å². The Labute approximate surface area is 324 Å². The van der Waals surface area contributed by atoms with Crippen LogP contribution in [0.5, 0.6) is 0 Å². The number of fused-ring (bicyclic) bond motifs is 1. The predicted molar refractivity (Wildman–Crippen MR) is 207 cm³/mol. The number of piperazine rings is 1. The van der Waals surface area contributed by atoms with Gasteiger partial charge < -0.3 is 20.0 Å². The van der Waals surface area contributed by atoms with Crippen LogP contribution < -0.4 is 25.3 Å². The van der Waals surface area contributed by atoms with Crippen LogP contribution in [0.4, 0.5) is 17.1 Å². The smallest absolute Gasteiger partial charge is 0.262 e. The summed E-state index contributed by atoms with van der Waals surface area (Å²) in [6.07, 6.45) is 3.91. The van der Waals surface area contributed by atoms with Gasteiger partial charge in [-0.2, -0.15) is 5.26 Å². The third kappa shape index (κ3) is 7.12. The SMILES string of the molecule is CN(c1ccc(C#N)c(Cl)c1)[C@H]1CC[C@H](NC(=O)c2ccc(N3CC(N4CCN(c5ccc6c(c5)C(=O)N(C5CCC(=O)NC5=O)C6=O)CC4)C3)cc2)CC1. The second-order valence-corrected chi connectivity index (χ2v) is 15.6. The zero-order valence-corrected chi connectivity index (χ0v) is 31.4. The molecule has 1 unspecified atom stereocenters. The molecule has 1 saturated carbocycles. The Balaban J connectivity index is 0.779. The van der Waals surface area contributed by atoms with Crippen LogP contribution >= 0.6 is 11.6 Å². The number of imide groups is 2. The maximum Gasteiger partial charge on any atom is 0.262 e. The first-order valence-electron chi connectivity index (χ1n) is 19.0. The van der Waals surface area contributed by atoms with Gasteiger partial charge in [-0.05, 0) is 92.8 Å². The highest BCUT2D eigenvalue weighted by Crippen LogP contribution is 2.33. The Morgan fingerprint density at radius 2 is 1.53 bits per heavy atom. The minimum atomic E-state index is -0.977. The molecule has 5 aliphatic rings. The lowest BCUT2D eigenvalue weighted by molar-refractivity contribution is -0.136. The van der Waals surface area contributed by atoms with Crippen molar-refractivity contribution >= 4 is 58.2 Å². The van der Waals surface area contributed by atoms with Gasteiger partial charge in [0, 0.05) is 93.5 Å². The van der Waals surface area contributed by atoms with E-state index < -0.39 is 29.7 Å². The number of piperidine rings is 1. The average Bonchev–Trinajstić information content (AvgIpc) is 3.42. The molecule has 55 heavy (non-hydrogen) atoms. The van der Waals surface area contributed by atoms with E-state index in [-0.39, 0.29) is 30.4 Å². The van der Waals surface area contributed by atoms with E-state index in [1.807, 2.05) is 42.5 Å². The normalized spacial score (nSPS) is 23.2. The lowest BCUT2D eigenvalue weighted by Gasteiger charge is -2.49. The predicted octanol–water partition coefficient (Wildman–Crippen LogP) is 3.80. The third-order valence-corrected chi connectivity index (χ3v) is 12.3. The molecule has 14 heteroatoms. The fourth-order valence-electron chi connectivity index (χ4n) is 8.62. The minimum absolute atomic E-state index is 0.0486. The van der Waals surface area contributed by atoms with Crippen molar-refractivity contribution in [3.8, 4) is 6.07 Å². The van der Waals surface area contributed by atoms with Crippen LogP contribution in [-0.2, 0) is 9.59 Å². The summed E-state index contributed by atoms with van der Waals surface area (Å²) in [7, 11) is 2.05. The summed E-state index contributed by atoms with van der Waals surface area (Å²) < 4.78 is 0. The molecule has 3 aromatic rings. The van der Waals surface area contributed by atoms with Gasteiger partial charge in [-0.15, -0.1) is 0 Å². The molecular formula is C41H43ClN8O5. The number of amides is 5. The molecule has 1 aliphatic carbocycles. The maximum absolute atomic E-state index is 13.3.